The second kappa shape index (κ2) is 10.9. The summed E-state index contributed by atoms with van der Waals surface area (Å²) in [6.07, 6.45) is 2.00. The van der Waals surface area contributed by atoms with Gasteiger partial charge in [0.1, 0.15) is 5.69 Å². The topological polar surface area (TPSA) is 69.2 Å². The van der Waals surface area contributed by atoms with Crippen molar-refractivity contribution < 1.29 is 14.3 Å². The molecule has 0 aliphatic heterocycles. The molecule has 0 bridgehead atoms. The number of carbonyl (C=O) groups is 2. The Morgan fingerprint density at radius 2 is 1.66 bits per heavy atom. The van der Waals surface area contributed by atoms with Crippen LogP contribution in [-0.4, -0.2) is 27.6 Å². The number of ether oxygens (including phenoxy) is 1. The van der Waals surface area contributed by atoms with Gasteiger partial charge in [0.25, 0.3) is 0 Å². The number of rotatable bonds is 9. The summed E-state index contributed by atoms with van der Waals surface area (Å²) in [5, 5.41) is 0. The van der Waals surface area contributed by atoms with Crippen LogP contribution >= 0.6 is 0 Å². The first-order valence-electron chi connectivity index (χ1n) is 11.7. The van der Waals surface area contributed by atoms with Gasteiger partial charge in [-0.1, -0.05) is 36.4 Å². The Labute approximate surface area is 205 Å². The van der Waals surface area contributed by atoms with Crippen molar-refractivity contribution in [3.05, 3.63) is 113 Å². The highest BCUT2D eigenvalue weighted by molar-refractivity contribution is 6.13. The predicted octanol–water partition coefficient (Wildman–Crippen LogP) is 6.29. The van der Waals surface area contributed by atoms with E-state index in [0.717, 1.165) is 22.3 Å². The molecule has 0 aliphatic rings. The fourth-order valence-corrected chi connectivity index (χ4v) is 3.84. The molecule has 0 N–H and O–H groups in total. The molecular weight excluding hydrogens is 436 g/mol. The highest BCUT2D eigenvalue weighted by atomic mass is 16.5. The van der Waals surface area contributed by atoms with Gasteiger partial charge in [0, 0.05) is 23.4 Å². The van der Waals surface area contributed by atoms with Crippen LogP contribution in [0, 0.1) is 6.92 Å². The molecule has 35 heavy (non-hydrogen) atoms. The average Bonchev–Trinajstić information content (AvgIpc) is 2.84. The minimum atomic E-state index is -0.292. The van der Waals surface area contributed by atoms with E-state index < -0.39 is 0 Å². The number of carbonyl (C=O) groups excluding carboxylic acids is 2. The van der Waals surface area contributed by atoms with Gasteiger partial charge in [0.15, 0.2) is 11.6 Å². The van der Waals surface area contributed by atoms with Crippen molar-refractivity contribution in [3.63, 3.8) is 0 Å². The largest absolute Gasteiger partial charge is 0.475 e. The van der Waals surface area contributed by atoms with Crippen LogP contribution in [0.15, 0.2) is 85.1 Å². The van der Waals surface area contributed by atoms with E-state index in [9.17, 15) is 9.59 Å². The van der Waals surface area contributed by atoms with Crippen LogP contribution < -0.4 is 4.74 Å². The number of aromatic nitrogens is 2. The van der Waals surface area contributed by atoms with Gasteiger partial charge in [-0.05, 0) is 80.3 Å². The Balaban J connectivity index is 1.68. The highest BCUT2D eigenvalue weighted by Gasteiger charge is 2.17. The summed E-state index contributed by atoms with van der Waals surface area (Å²) in [6, 6.07) is 24.9. The van der Waals surface area contributed by atoms with E-state index in [4.69, 9.17) is 4.74 Å². The zero-order valence-electron chi connectivity index (χ0n) is 20.2. The molecule has 5 heteroatoms. The molecule has 4 rings (SSSR count). The molecule has 0 atom stereocenters. The normalized spacial score (nSPS) is 10.9. The molecule has 4 aromatic rings. The number of nitrogens with zero attached hydrogens (tertiary/aromatic N) is 2. The van der Waals surface area contributed by atoms with Gasteiger partial charge < -0.3 is 4.74 Å². The Morgan fingerprint density at radius 3 is 2.40 bits per heavy atom. The number of Topliss-reactive ketones (excluding diaryl/α,β-unsaturated/α-hetero) is 2. The van der Waals surface area contributed by atoms with Gasteiger partial charge in [-0.25, -0.2) is 4.98 Å². The van der Waals surface area contributed by atoms with E-state index in [2.05, 4.69) is 22.1 Å². The van der Waals surface area contributed by atoms with Crippen LogP contribution in [0.3, 0.4) is 0 Å². The molecule has 0 saturated heterocycles. The third-order valence-corrected chi connectivity index (χ3v) is 5.46. The number of pyridine rings is 2. The van der Waals surface area contributed by atoms with Gasteiger partial charge >= 0.3 is 0 Å². The van der Waals surface area contributed by atoms with Gasteiger partial charge in [0.2, 0.25) is 5.88 Å². The smallest absolute Gasteiger partial charge is 0.214 e. The van der Waals surface area contributed by atoms with Gasteiger partial charge in [-0.2, -0.15) is 0 Å². The van der Waals surface area contributed by atoms with E-state index >= 15 is 0 Å². The van der Waals surface area contributed by atoms with Crippen LogP contribution in [0.2, 0.25) is 0 Å². The molecule has 176 valence electrons. The Morgan fingerprint density at radius 1 is 0.857 bits per heavy atom. The summed E-state index contributed by atoms with van der Waals surface area (Å²) < 4.78 is 5.76. The van der Waals surface area contributed by atoms with Crippen LogP contribution in [0.5, 0.6) is 5.88 Å². The molecule has 0 spiro atoms. The first kappa shape index (κ1) is 24.0. The minimum Gasteiger partial charge on any atom is -0.475 e. The molecular formula is C30H28N2O3. The summed E-state index contributed by atoms with van der Waals surface area (Å²) in [5.74, 6) is -0.0113. The van der Waals surface area contributed by atoms with E-state index in [-0.39, 0.29) is 24.1 Å². The van der Waals surface area contributed by atoms with Gasteiger partial charge in [0.05, 0.1) is 18.2 Å². The van der Waals surface area contributed by atoms with Gasteiger partial charge in [-0.15, -0.1) is 0 Å². The lowest BCUT2D eigenvalue weighted by Crippen LogP contribution is -2.11. The van der Waals surface area contributed by atoms with E-state index in [1.54, 1.807) is 18.3 Å². The lowest BCUT2D eigenvalue weighted by molar-refractivity contribution is 0.0891. The van der Waals surface area contributed by atoms with Gasteiger partial charge in [-0.3, -0.25) is 14.6 Å². The minimum absolute atomic E-state index is 0.000508. The molecule has 0 fully saturated rings. The predicted molar refractivity (Wildman–Crippen MR) is 137 cm³/mol. The number of aryl methyl sites for hydroxylation is 1. The SMILES string of the molecule is Cc1ccnc(C(=O)CC(=O)c2cc(Cc3ccccc3)cc(-c3cccc(OC(C)C)n3)c2)c1. The summed E-state index contributed by atoms with van der Waals surface area (Å²) in [7, 11) is 0. The third-order valence-electron chi connectivity index (χ3n) is 5.46. The van der Waals surface area contributed by atoms with Crippen LogP contribution in [0.4, 0.5) is 0 Å². The average molecular weight is 465 g/mol. The Hall–Kier alpha value is -4.12. The first-order valence-corrected chi connectivity index (χ1v) is 11.7. The quantitative estimate of drug-likeness (QED) is 0.215. The maximum absolute atomic E-state index is 13.2. The van der Waals surface area contributed by atoms with E-state index in [1.165, 1.54) is 0 Å². The fourth-order valence-electron chi connectivity index (χ4n) is 3.84. The number of benzene rings is 2. The standard InChI is InChI=1S/C30H28N2O3/c1-20(2)35-30-11-7-10-26(32-30)24-16-23(15-22-8-5-4-6-9-22)17-25(18-24)28(33)19-29(34)27-14-21(3)12-13-31-27/h4-14,16-18,20H,15,19H2,1-3H3. The Kier molecular flexibility index (Phi) is 7.46. The van der Waals surface area contributed by atoms with Crippen molar-refractivity contribution in [1.29, 1.82) is 0 Å². The van der Waals surface area contributed by atoms with Crippen LogP contribution in [0.25, 0.3) is 11.3 Å². The third kappa shape index (κ3) is 6.48. The monoisotopic (exact) mass is 464 g/mol. The number of ketones is 2. The van der Waals surface area contributed by atoms with Crippen LogP contribution in [0.1, 0.15) is 57.8 Å². The summed E-state index contributed by atoms with van der Waals surface area (Å²) in [6.45, 7) is 5.79. The zero-order valence-corrected chi connectivity index (χ0v) is 20.2. The molecule has 2 heterocycles. The van der Waals surface area contributed by atoms with Crippen molar-refractivity contribution in [2.75, 3.05) is 0 Å². The van der Waals surface area contributed by atoms with E-state index in [1.807, 2.05) is 75.4 Å². The second-order valence-corrected chi connectivity index (χ2v) is 8.85. The lowest BCUT2D eigenvalue weighted by atomic mass is 9.95. The van der Waals surface area contributed by atoms with Crippen LogP contribution in [-0.2, 0) is 6.42 Å². The van der Waals surface area contributed by atoms with Crippen molar-refractivity contribution in [1.82, 2.24) is 9.97 Å². The summed E-state index contributed by atoms with van der Waals surface area (Å²) in [5.41, 5.74) is 5.32. The van der Waals surface area contributed by atoms with Crippen molar-refractivity contribution >= 4 is 11.6 Å². The summed E-state index contributed by atoms with van der Waals surface area (Å²) in [4.78, 5) is 34.7. The number of hydrogen-bond acceptors (Lipinski definition) is 5. The second-order valence-electron chi connectivity index (χ2n) is 8.85. The van der Waals surface area contributed by atoms with Crippen molar-refractivity contribution in [3.8, 4) is 17.1 Å². The molecule has 0 amide bonds. The van der Waals surface area contributed by atoms with Crippen molar-refractivity contribution in [2.45, 2.75) is 39.7 Å². The molecule has 0 unspecified atom stereocenters. The molecule has 0 radical (unpaired) electrons. The summed E-state index contributed by atoms with van der Waals surface area (Å²) >= 11 is 0. The molecule has 2 aromatic heterocycles. The first-order chi connectivity index (χ1) is 16.9. The zero-order chi connectivity index (χ0) is 24.8. The molecule has 5 nitrogen and oxygen atoms in total. The molecule has 0 saturated carbocycles. The lowest BCUT2D eigenvalue weighted by Gasteiger charge is -2.12. The van der Waals surface area contributed by atoms with E-state index in [0.29, 0.717) is 29.3 Å². The fraction of sp³-hybridized carbons (Fsp3) is 0.200. The molecule has 0 aliphatic carbocycles. The number of hydrogen-bond donors (Lipinski definition) is 0. The maximum Gasteiger partial charge on any atom is 0.214 e. The molecule has 2 aromatic carbocycles. The maximum atomic E-state index is 13.2. The van der Waals surface area contributed by atoms with Crippen molar-refractivity contribution in [2.24, 2.45) is 0 Å². The Bertz CT molecular complexity index is 1350. The highest BCUT2D eigenvalue weighted by Crippen LogP contribution is 2.25.